The molecule has 0 spiro atoms. The lowest BCUT2D eigenvalue weighted by atomic mass is 10.1. The number of nitrogens with two attached hydrogens (primary N) is 1. The highest BCUT2D eigenvalue weighted by Crippen LogP contribution is 2.26. The van der Waals surface area contributed by atoms with E-state index in [2.05, 4.69) is 46.9 Å². The summed E-state index contributed by atoms with van der Waals surface area (Å²) in [6.45, 7) is 4.20. The average Bonchev–Trinajstić information content (AvgIpc) is 2.79. The third-order valence-corrected chi connectivity index (χ3v) is 3.40. The third kappa shape index (κ3) is 2.20. The molecule has 0 amide bonds. The molecule has 0 fully saturated rings. The van der Waals surface area contributed by atoms with E-state index in [0.29, 0.717) is 0 Å². The first kappa shape index (κ1) is 12.5. The van der Waals surface area contributed by atoms with Crippen molar-refractivity contribution in [2.24, 2.45) is 0 Å². The Labute approximate surface area is 118 Å². The molecule has 0 aliphatic rings. The van der Waals surface area contributed by atoms with E-state index in [4.69, 9.17) is 5.73 Å². The van der Waals surface area contributed by atoms with E-state index in [1.165, 1.54) is 11.1 Å². The van der Waals surface area contributed by atoms with Gasteiger partial charge < -0.3 is 15.6 Å². The van der Waals surface area contributed by atoms with Crippen LogP contribution >= 0.6 is 0 Å². The minimum absolute atomic E-state index is 0.738. The summed E-state index contributed by atoms with van der Waals surface area (Å²) in [7, 11) is 2.01. The SMILES string of the molecule is Cc1cc(C)cc(N(C)c2nc3ccc(N)cc3[nH]2)c1. The van der Waals surface area contributed by atoms with Crippen LogP contribution in [0.15, 0.2) is 36.4 Å². The van der Waals surface area contributed by atoms with Crippen molar-refractivity contribution in [3.8, 4) is 0 Å². The van der Waals surface area contributed by atoms with Crippen LogP contribution in [0.1, 0.15) is 11.1 Å². The van der Waals surface area contributed by atoms with E-state index >= 15 is 0 Å². The van der Waals surface area contributed by atoms with Crippen molar-refractivity contribution in [2.45, 2.75) is 13.8 Å². The van der Waals surface area contributed by atoms with Crippen LogP contribution in [0.4, 0.5) is 17.3 Å². The van der Waals surface area contributed by atoms with Crippen LogP contribution in [0, 0.1) is 13.8 Å². The molecular formula is C16H18N4. The number of fused-ring (bicyclic) bond motifs is 1. The number of hydrogen-bond donors (Lipinski definition) is 2. The number of imidazole rings is 1. The maximum atomic E-state index is 5.80. The van der Waals surface area contributed by atoms with Gasteiger partial charge in [-0.15, -0.1) is 0 Å². The van der Waals surface area contributed by atoms with Gasteiger partial charge in [0.25, 0.3) is 0 Å². The van der Waals surface area contributed by atoms with Gasteiger partial charge in [-0.05, 0) is 55.3 Å². The fourth-order valence-electron chi connectivity index (χ4n) is 2.44. The number of H-pyrrole nitrogens is 1. The minimum atomic E-state index is 0.738. The maximum absolute atomic E-state index is 5.80. The van der Waals surface area contributed by atoms with Crippen molar-refractivity contribution in [1.29, 1.82) is 0 Å². The lowest BCUT2D eigenvalue weighted by Gasteiger charge is -2.17. The van der Waals surface area contributed by atoms with E-state index in [1.54, 1.807) is 0 Å². The molecule has 0 aliphatic carbocycles. The molecule has 0 radical (unpaired) electrons. The molecule has 0 bridgehead atoms. The van der Waals surface area contributed by atoms with Crippen LogP contribution in [0.3, 0.4) is 0 Å². The molecule has 1 aromatic heterocycles. The summed E-state index contributed by atoms with van der Waals surface area (Å²) in [5.41, 5.74) is 12.0. The zero-order chi connectivity index (χ0) is 14.3. The summed E-state index contributed by atoms with van der Waals surface area (Å²) >= 11 is 0. The summed E-state index contributed by atoms with van der Waals surface area (Å²) in [5.74, 6) is 0.815. The first-order valence-corrected chi connectivity index (χ1v) is 6.60. The second-order valence-electron chi connectivity index (χ2n) is 5.24. The summed E-state index contributed by atoms with van der Waals surface area (Å²) in [5, 5.41) is 0. The molecular weight excluding hydrogens is 248 g/mol. The van der Waals surface area contributed by atoms with Gasteiger partial charge in [0.1, 0.15) is 0 Å². The van der Waals surface area contributed by atoms with E-state index in [9.17, 15) is 0 Å². The Balaban J connectivity index is 2.05. The van der Waals surface area contributed by atoms with Gasteiger partial charge in [-0.2, -0.15) is 0 Å². The first-order valence-electron chi connectivity index (χ1n) is 6.60. The van der Waals surface area contributed by atoms with Crippen molar-refractivity contribution >= 4 is 28.4 Å². The molecule has 0 atom stereocenters. The Morgan fingerprint density at radius 1 is 1.05 bits per heavy atom. The molecule has 4 nitrogen and oxygen atoms in total. The van der Waals surface area contributed by atoms with Gasteiger partial charge in [-0.1, -0.05) is 6.07 Å². The Morgan fingerprint density at radius 2 is 1.75 bits per heavy atom. The van der Waals surface area contributed by atoms with Crippen LogP contribution in [-0.2, 0) is 0 Å². The third-order valence-electron chi connectivity index (χ3n) is 3.40. The number of nitrogens with zero attached hydrogens (tertiary/aromatic N) is 2. The maximum Gasteiger partial charge on any atom is 0.208 e. The summed E-state index contributed by atoms with van der Waals surface area (Å²) < 4.78 is 0. The summed E-state index contributed by atoms with van der Waals surface area (Å²) in [6.07, 6.45) is 0. The predicted octanol–water partition coefficient (Wildman–Crippen LogP) is 3.53. The number of benzene rings is 2. The van der Waals surface area contributed by atoms with Crippen LogP contribution in [0.2, 0.25) is 0 Å². The lowest BCUT2D eigenvalue weighted by Crippen LogP contribution is -2.11. The van der Waals surface area contributed by atoms with Crippen molar-refractivity contribution < 1.29 is 0 Å². The van der Waals surface area contributed by atoms with Gasteiger partial charge in [-0.25, -0.2) is 4.98 Å². The second kappa shape index (κ2) is 4.56. The van der Waals surface area contributed by atoms with Gasteiger partial charge in [0.15, 0.2) is 0 Å². The van der Waals surface area contributed by atoms with Crippen molar-refractivity contribution in [3.05, 3.63) is 47.5 Å². The lowest BCUT2D eigenvalue weighted by molar-refractivity contribution is 1.10. The van der Waals surface area contributed by atoms with Crippen molar-refractivity contribution in [3.63, 3.8) is 0 Å². The second-order valence-corrected chi connectivity index (χ2v) is 5.24. The molecule has 2 aromatic carbocycles. The van der Waals surface area contributed by atoms with Crippen LogP contribution in [0.5, 0.6) is 0 Å². The molecule has 102 valence electrons. The highest BCUT2D eigenvalue weighted by Gasteiger charge is 2.10. The zero-order valence-corrected chi connectivity index (χ0v) is 11.9. The largest absolute Gasteiger partial charge is 0.399 e. The first-order chi connectivity index (χ1) is 9.52. The van der Waals surface area contributed by atoms with Gasteiger partial charge in [0.05, 0.1) is 11.0 Å². The Morgan fingerprint density at radius 3 is 2.45 bits per heavy atom. The minimum Gasteiger partial charge on any atom is -0.399 e. The van der Waals surface area contributed by atoms with Crippen molar-refractivity contribution in [1.82, 2.24) is 9.97 Å². The fraction of sp³-hybridized carbons (Fsp3) is 0.188. The molecule has 4 heteroatoms. The number of aryl methyl sites for hydroxylation is 2. The molecule has 20 heavy (non-hydrogen) atoms. The van der Waals surface area contributed by atoms with Crippen LogP contribution in [0.25, 0.3) is 11.0 Å². The van der Waals surface area contributed by atoms with E-state index in [1.807, 2.05) is 25.2 Å². The normalized spacial score (nSPS) is 10.9. The van der Waals surface area contributed by atoms with Gasteiger partial charge >= 0.3 is 0 Å². The Hall–Kier alpha value is -2.49. The van der Waals surface area contributed by atoms with Crippen LogP contribution in [-0.4, -0.2) is 17.0 Å². The predicted molar refractivity (Wildman–Crippen MR) is 84.5 cm³/mol. The number of anilines is 3. The highest BCUT2D eigenvalue weighted by molar-refractivity contribution is 5.81. The number of hydrogen-bond acceptors (Lipinski definition) is 3. The smallest absolute Gasteiger partial charge is 0.208 e. The molecule has 0 saturated heterocycles. The molecule has 3 aromatic rings. The van der Waals surface area contributed by atoms with Crippen molar-refractivity contribution in [2.75, 3.05) is 17.7 Å². The monoisotopic (exact) mass is 266 g/mol. The number of nitrogen functional groups attached to an aromatic ring is 1. The molecule has 3 N–H and O–H groups in total. The zero-order valence-electron chi connectivity index (χ0n) is 11.9. The molecule has 0 saturated carbocycles. The average molecular weight is 266 g/mol. The van der Waals surface area contributed by atoms with E-state index in [0.717, 1.165) is 28.4 Å². The Bertz CT molecular complexity index is 753. The summed E-state index contributed by atoms with van der Waals surface area (Å²) in [6, 6.07) is 12.2. The number of nitrogens with one attached hydrogen (secondary N) is 1. The van der Waals surface area contributed by atoms with Crippen LogP contribution < -0.4 is 10.6 Å². The molecule has 1 heterocycles. The van der Waals surface area contributed by atoms with E-state index < -0.39 is 0 Å². The molecule has 0 aliphatic heterocycles. The molecule has 0 unspecified atom stereocenters. The number of aromatic nitrogens is 2. The standard InChI is InChI=1S/C16H18N4/c1-10-6-11(2)8-13(7-10)20(3)16-18-14-5-4-12(17)9-15(14)19-16/h4-9H,17H2,1-3H3,(H,18,19). The number of rotatable bonds is 2. The van der Waals surface area contributed by atoms with Gasteiger partial charge in [0.2, 0.25) is 5.95 Å². The number of aromatic amines is 1. The molecule has 3 rings (SSSR count). The van der Waals surface area contributed by atoms with Gasteiger partial charge in [0, 0.05) is 18.4 Å². The summed E-state index contributed by atoms with van der Waals surface area (Å²) in [4.78, 5) is 9.96. The van der Waals surface area contributed by atoms with E-state index in [-0.39, 0.29) is 0 Å². The fourth-order valence-corrected chi connectivity index (χ4v) is 2.44. The quantitative estimate of drug-likeness (QED) is 0.698. The Kier molecular flexibility index (Phi) is 2.86. The van der Waals surface area contributed by atoms with Gasteiger partial charge in [-0.3, -0.25) is 0 Å². The highest BCUT2D eigenvalue weighted by atomic mass is 15.2. The topological polar surface area (TPSA) is 57.9 Å².